The molecule has 8 heteroatoms. The molecule has 0 unspecified atom stereocenters. The van der Waals surface area contributed by atoms with Crippen LogP contribution in [0.5, 0.6) is 5.75 Å². The molecular formula is C17H15ClN2O5. The fourth-order valence-electron chi connectivity index (χ4n) is 2.56. The molecule has 7 nitrogen and oxygen atoms in total. The van der Waals surface area contributed by atoms with Crippen molar-refractivity contribution in [3.05, 3.63) is 68.2 Å². The van der Waals surface area contributed by atoms with E-state index in [0.29, 0.717) is 21.9 Å². The van der Waals surface area contributed by atoms with Gasteiger partial charge in [-0.2, -0.15) is 0 Å². The largest absolute Gasteiger partial charge is 0.467 e. The fourth-order valence-corrected chi connectivity index (χ4v) is 2.69. The molecule has 2 aromatic rings. The molecule has 1 amide bonds. The Kier molecular flexibility index (Phi) is 5.16. The van der Waals surface area contributed by atoms with Crippen LogP contribution in [0.25, 0.3) is 0 Å². The maximum Gasteiger partial charge on any atom is 0.270 e. The molecule has 0 radical (unpaired) electrons. The molecule has 1 heterocycles. The number of benzene rings is 2. The van der Waals surface area contributed by atoms with Gasteiger partial charge in [0.05, 0.1) is 18.0 Å². The standard InChI is InChI=1S/C17H15ClN2O5/c18-14-3-1-11(2-4-14)5-16(21)19-8-12-6-15(20(22)23)7-13-9-24-10-25-17(12)13/h1-4,6-7H,5,8-10H2,(H,19,21). The summed E-state index contributed by atoms with van der Waals surface area (Å²) in [4.78, 5) is 22.7. The molecule has 0 saturated carbocycles. The van der Waals surface area contributed by atoms with Crippen molar-refractivity contribution in [1.29, 1.82) is 0 Å². The number of ether oxygens (including phenoxy) is 2. The monoisotopic (exact) mass is 362 g/mol. The molecule has 3 rings (SSSR count). The lowest BCUT2D eigenvalue weighted by molar-refractivity contribution is -0.385. The maximum atomic E-state index is 12.1. The summed E-state index contributed by atoms with van der Waals surface area (Å²) < 4.78 is 10.6. The molecule has 25 heavy (non-hydrogen) atoms. The van der Waals surface area contributed by atoms with E-state index in [9.17, 15) is 14.9 Å². The summed E-state index contributed by atoms with van der Waals surface area (Å²) in [6.07, 6.45) is 0.193. The third-order valence-corrected chi connectivity index (χ3v) is 3.99. The van der Waals surface area contributed by atoms with Gasteiger partial charge in [0.25, 0.3) is 5.69 Å². The third-order valence-electron chi connectivity index (χ3n) is 3.74. The zero-order valence-electron chi connectivity index (χ0n) is 13.2. The molecule has 0 saturated heterocycles. The maximum absolute atomic E-state index is 12.1. The Balaban J connectivity index is 1.71. The number of nitro groups is 1. The molecule has 0 bridgehead atoms. The summed E-state index contributed by atoms with van der Waals surface area (Å²) in [6, 6.07) is 9.82. The van der Waals surface area contributed by atoms with E-state index >= 15 is 0 Å². The van der Waals surface area contributed by atoms with E-state index in [1.807, 2.05) is 0 Å². The first-order valence-electron chi connectivity index (χ1n) is 7.55. The van der Waals surface area contributed by atoms with Gasteiger partial charge in [0.2, 0.25) is 5.91 Å². The number of halogens is 1. The van der Waals surface area contributed by atoms with Gasteiger partial charge in [0.15, 0.2) is 6.79 Å². The Morgan fingerprint density at radius 3 is 2.76 bits per heavy atom. The number of hydrogen-bond acceptors (Lipinski definition) is 5. The van der Waals surface area contributed by atoms with E-state index in [0.717, 1.165) is 5.56 Å². The Morgan fingerprint density at radius 2 is 2.04 bits per heavy atom. The second kappa shape index (κ2) is 7.50. The van der Waals surface area contributed by atoms with Gasteiger partial charge in [0, 0.05) is 34.8 Å². The van der Waals surface area contributed by atoms with Crippen LogP contribution in [-0.2, 0) is 29.1 Å². The molecule has 0 spiro atoms. The number of carbonyl (C=O) groups is 1. The highest BCUT2D eigenvalue weighted by molar-refractivity contribution is 6.30. The molecular weight excluding hydrogens is 348 g/mol. The van der Waals surface area contributed by atoms with Crippen LogP contribution in [0.1, 0.15) is 16.7 Å². The van der Waals surface area contributed by atoms with Gasteiger partial charge < -0.3 is 14.8 Å². The SMILES string of the molecule is O=C(Cc1ccc(Cl)cc1)NCc1cc([N+](=O)[O-])cc2c1OCOC2. The minimum absolute atomic E-state index is 0.0604. The highest BCUT2D eigenvalue weighted by Gasteiger charge is 2.21. The Bertz CT molecular complexity index is 807. The van der Waals surface area contributed by atoms with Gasteiger partial charge in [-0.3, -0.25) is 14.9 Å². The average Bonchev–Trinajstić information content (AvgIpc) is 2.61. The number of amides is 1. The third kappa shape index (κ3) is 4.26. The zero-order valence-corrected chi connectivity index (χ0v) is 13.9. The van der Waals surface area contributed by atoms with Gasteiger partial charge in [-0.1, -0.05) is 23.7 Å². The number of hydrogen-bond donors (Lipinski definition) is 1. The van der Waals surface area contributed by atoms with E-state index in [1.165, 1.54) is 12.1 Å². The predicted molar refractivity (Wildman–Crippen MR) is 90.4 cm³/mol. The Morgan fingerprint density at radius 1 is 1.28 bits per heavy atom. The normalized spacial score (nSPS) is 12.8. The lowest BCUT2D eigenvalue weighted by atomic mass is 10.1. The summed E-state index contributed by atoms with van der Waals surface area (Å²) in [5.74, 6) is 0.332. The number of non-ortho nitro benzene ring substituents is 1. The number of rotatable bonds is 5. The number of nitrogens with zero attached hydrogens (tertiary/aromatic N) is 1. The molecule has 1 aliphatic rings. The van der Waals surface area contributed by atoms with Gasteiger partial charge in [0.1, 0.15) is 5.75 Å². The van der Waals surface area contributed by atoms with Gasteiger partial charge >= 0.3 is 0 Å². The van der Waals surface area contributed by atoms with Crippen molar-refractivity contribution in [3.8, 4) is 5.75 Å². The first-order valence-corrected chi connectivity index (χ1v) is 7.92. The first kappa shape index (κ1) is 17.2. The van der Waals surface area contributed by atoms with Crippen molar-refractivity contribution in [1.82, 2.24) is 5.32 Å². The predicted octanol–water partition coefficient (Wildman–Crippen LogP) is 2.97. The van der Waals surface area contributed by atoms with E-state index in [4.69, 9.17) is 21.1 Å². The summed E-state index contributed by atoms with van der Waals surface area (Å²) >= 11 is 5.82. The first-order chi connectivity index (χ1) is 12.0. The molecule has 0 fully saturated rings. The molecule has 1 aliphatic heterocycles. The minimum atomic E-state index is -0.478. The number of carbonyl (C=O) groups excluding carboxylic acids is 1. The smallest absolute Gasteiger partial charge is 0.270 e. The summed E-state index contributed by atoms with van der Waals surface area (Å²) in [6.45, 7) is 0.454. The topological polar surface area (TPSA) is 90.7 Å². The van der Waals surface area contributed by atoms with E-state index in [1.54, 1.807) is 24.3 Å². The quantitative estimate of drug-likeness (QED) is 0.652. The fraction of sp³-hybridized carbons (Fsp3) is 0.235. The molecule has 1 N–H and O–H groups in total. The van der Waals surface area contributed by atoms with Crippen molar-refractivity contribution < 1.29 is 19.2 Å². The van der Waals surface area contributed by atoms with Crippen LogP contribution in [0.4, 0.5) is 5.69 Å². The Hall–Kier alpha value is -2.64. The van der Waals surface area contributed by atoms with Crippen molar-refractivity contribution in [2.24, 2.45) is 0 Å². The van der Waals surface area contributed by atoms with Crippen LogP contribution in [0.3, 0.4) is 0 Å². The molecule has 130 valence electrons. The van der Waals surface area contributed by atoms with E-state index in [-0.39, 0.29) is 38.0 Å². The second-order valence-corrected chi connectivity index (χ2v) is 5.98. The second-order valence-electron chi connectivity index (χ2n) is 5.54. The summed E-state index contributed by atoms with van der Waals surface area (Å²) in [5, 5.41) is 14.4. The van der Waals surface area contributed by atoms with Crippen LogP contribution in [0.2, 0.25) is 5.02 Å². The molecule has 2 aromatic carbocycles. The van der Waals surface area contributed by atoms with Crippen molar-refractivity contribution in [3.63, 3.8) is 0 Å². The lowest BCUT2D eigenvalue weighted by Crippen LogP contribution is -2.25. The van der Waals surface area contributed by atoms with Crippen LogP contribution >= 0.6 is 11.6 Å². The van der Waals surface area contributed by atoms with E-state index in [2.05, 4.69) is 5.32 Å². The lowest BCUT2D eigenvalue weighted by Gasteiger charge is -2.20. The molecule has 0 aliphatic carbocycles. The van der Waals surface area contributed by atoms with Gasteiger partial charge in [-0.15, -0.1) is 0 Å². The molecule has 0 aromatic heterocycles. The van der Waals surface area contributed by atoms with Crippen LogP contribution in [-0.4, -0.2) is 17.6 Å². The van der Waals surface area contributed by atoms with Crippen LogP contribution < -0.4 is 10.1 Å². The summed E-state index contributed by atoms with van der Waals surface area (Å²) in [7, 11) is 0. The highest BCUT2D eigenvalue weighted by Crippen LogP contribution is 2.32. The van der Waals surface area contributed by atoms with E-state index < -0.39 is 4.92 Å². The van der Waals surface area contributed by atoms with Crippen LogP contribution in [0.15, 0.2) is 36.4 Å². The summed E-state index contributed by atoms with van der Waals surface area (Å²) in [5.41, 5.74) is 1.92. The molecule has 0 atom stereocenters. The number of nitrogens with one attached hydrogen (secondary N) is 1. The van der Waals surface area contributed by atoms with Crippen molar-refractivity contribution in [2.45, 2.75) is 19.6 Å². The van der Waals surface area contributed by atoms with Crippen molar-refractivity contribution >= 4 is 23.2 Å². The number of nitro benzene ring substituents is 1. The van der Waals surface area contributed by atoms with Crippen molar-refractivity contribution in [2.75, 3.05) is 6.79 Å². The average molecular weight is 363 g/mol. The highest BCUT2D eigenvalue weighted by atomic mass is 35.5. The zero-order chi connectivity index (χ0) is 17.8. The van der Waals surface area contributed by atoms with Gasteiger partial charge in [-0.25, -0.2) is 0 Å². The van der Waals surface area contributed by atoms with Crippen LogP contribution in [0, 0.1) is 10.1 Å². The minimum Gasteiger partial charge on any atom is -0.467 e. The Labute approximate surface area is 148 Å². The van der Waals surface area contributed by atoms with Gasteiger partial charge in [-0.05, 0) is 17.7 Å². The number of fused-ring (bicyclic) bond motifs is 1.